The highest BCUT2D eigenvalue weighted by atomic mass is 16.7. The van der Waals surface area contributed by atoms with Crippen molar-refractivity contribution in [1.29, 1.82) is 5.26 Å². The van der Waals surface area contributed by atoms with Crippen LogP contribution in [0.1, 0.15) is 31.9 Å². The van der Waals surface area contributed by atoms with E-state index in [1.165, 1.54) is 16.8 Å². The van der Waals surface area contributed by atoms with E-state index < -0.39 is 18.3 Å². The molecule has 2 aromatic heterocycles. The summed E-state index contributed by atoms with van der Waals surface area (Å²) < 4.78 is 23.3. The van der Waals surface area contributed by atoms with Gasteiger partial charge in [0.1, 0.15) is 0 Å². The highest BCUT2D eigenvalue weighted by Gasteiger charge is 2.26. The molecule has 0 atom stereocenters. The van der Waals surface area contributed by atoms with Gasteiger partial charge >= 0.3 is 18.3 Å². The van der Waals surface area contributed by atoms with Crippen LogP contribution in [0, 0.1) is 11.3 Å². The van der Waals surface area contributed by atoms with E-state index in [1.54, 1.807) is 69.3 Å². The number of rotatable bonds is 6. The summed E-state index contributed by atoms with van der Waals surface area (Å²) in [5.41, 5.74) is 1.85. The predicted octanol–water partition coefficient (Wildman–Crippen LogP) is 6.20. The predicted molar refractivity (Wildman–Crippen MR) is 140 cm³/mol. The lowest BCUT2D eigenvalue weighted by atomic mass is 10.0. The minimum absolute atomic E-state index is 0.0560. The zero-order valence-electron chi connectivity index (χ0n) is 21.1. The molecular weight excluding hydrogens is 490 g/mol. The fourth-order valence-corrected chi connectivity index (χ4v) is 4.13. The normalized spacial score (nSPS) is 11.3. The largest absolute Gasteiger partial charge is 0.515 e. The molecule has 0 bridgehead atoms. The van der Waals surface area contributed by atoms with Gasteiger partial charge in [-0.25, -0.2) is 19.0 Å². The molecule has 10 nitrogen and oxygen atoms in total. The van der Waals surface area contributed by atoms with Crippen molar-refractivity contribution in [2.45, 2.75) is 20.8 Å². The fraction of sp³-hybridized carbons (Fsp3) is 0.214. The molecule has 0 spiro atoms. The average Bonchev–Trinajstić information content (AvgIpc) is 3.44. The van der Waals surface area contributed by atoms with E-state index in [-0.39, 0.29) is 36.8 Å². The first-order valence-corrected chi connectivity index (χ1v) is 12.0. The maximum absolute atomic E-state index is 12.9. The number of carbonyl (C=O) groups excluding carboxylic acids is 3. The Morgan fingerprint density at radius 3 is 2.11 bits per heavy atom. The lowest BCUT2D eigenvalue weighted by molar-refractivity contribution is 0.100. The molecular formula is C28H25N3O7. The van der Waals surface area contributed by atoms with Gasteiger partial charge in [0.2, 0.25) is 5.88 Å². The SMILES string of the molecule is CCOC(=O)Oc1c(/C=C(\C#N)c2cn(C(=O)OCC)c3ccccc23)c2ccccc2n1C(=O)OCC. The maximum atomic E-state index is 12.9. The number of fused-ring (bicyclic) bond motifs is 2. The van der Waals surface area contributed by atoms with Crippen LogP contribution in [0.4, 0.5) is 14.4 Å². The van der Waals surface area contributed by atoms with E-state index in [4.69, 9.17) is 18.9 Å². The number of para-hydroxylation sites is 2. The Kier molecular flexibility index (Phi) is 7.77. The van der Waals surface area contributed by atoms with Crippen LogP contribution in [0.2, 0.25) is 0 Å². The van der Waals surface area contributed by atoms with Crippen molar-refractivity contribution in [1.82, 2.24) is 9.13 Å². The molecule has 194 valence electrons. The Bertz CT molecular complexity index is 1600. The summed E-state index contributed by atoms with van der Waals surface area (Å²) in [6.45, 7) is 5.31. The summed E-state index contributed by atoms with van der Waals surface area (Å²) in [6, 6.07) is 16.1. The van der Waals surface area contributed by atoms with Crippen molar-refractivity contribution < 1.29 is 33.3 Å². The van der Waals surface area contributed by atoms with E-state index >= 15 is 0 Å². The molecule has 0 saturated heterocycles. The molecule has 4 rings (SSSR count). The van der Waals surface area contributed by atoms with E-state index in [0.29, 0.717) is 27.4 Å². The molecule has 10 heteroatoms. The van der Waals surface area contributed by atoms with E-state index in [2.05, 4.69) is 6.07 Å². The number of allylic oxidation sites excluding steroid dienone is 1. The second-order valence-corrected chi connectivity index (χ2v) is 7.85. The molecule has 0 aliphatic carbocycles. The number of hydrogen-bond acceptors (Lipinski definition) is 8. The topological polar surface area (TPSA) is 122 Å². The fourth-order valence-electron chi connectivity index (χ4n) is 4.13. The first-order chi connectivity index (χ1) is 18.4. The standard InChI is InChI=1S/C28H25N3O7/c1-4-35-26(32)30-17-22(20-12-7-9-13-23(20)30)18(16-29)15-21-19-11-8-10-14-24(19)31(27(33)36-5-2)25(21)38-28(34)37-6-3/h7-15,17H,4-6H2,1-3H3/b18-15+. The van der Waals surface area contributed by atoms with Gasteiger partial charge in [-0.2, -0.15) is 5.26 Å². The maximum Gasteiger partial charge on any atom is 0.515 e. The molecule has 0 N–H and O–H groups in total. The minimum Gasteiger partial charge on any atom is -0.449 e. The van der Waals surface area contributed by atoms with Crippen molar-refractivity contribution in [2.24, 2.45) is 0 Å². The van der Waals surface area contributed by atoms with Crippen molar-refractivity contribution in [3.63, 3.8) is 0 Å². The highest BCUT2D eigenvalue weighted by molar-refractivity contribution is 6.08. The number of nitrogens with zero attached hydrogens (tertiary/aromatic N) is 3. The summed E-state index contributed by atoms with van der Waals surface area (Å²) in [5.74, 6) is -0.162. The summed E-state index contributed by atoms with van der Waals surface area (Å²) in [4.78, 5) is 37.9. The number of nitriles is 1. The lowest BCUT2D eigenvalue weighted by Crippen LogP contribution is -2.18. The lowest BCUT2D eigenvalue weighted by Gasteiger charge is -2.10. The molecule has 4 aromatic rings. The summed E-state index contributed by atoms with van der Waals surface area (Å²) in [7, 11) is 0. The number of carbonyl (C=O) groups is 3. The van der Waals surface area contributed by atoms with Gasteiger partial charge in [0, 0.05) is 28.1 Å². The monoisotopic (exact) mass is 515 g/mol. The zero-order chi connectivity index (χ0) is 27.2. The van der Waals surface area contributed by atoms with Gasteiger partial charge in [-0.05, 0) is 39.0 Å². The van der Waals surface area contributed by atoms with Crippen LogP contribution in [0.3, 0.4) is 0 Å². The second kappa shape index (κ2) is 11.3. The minimum atomic E-state index is -1.02. The first kappa shape index (κ1) is 26.0. The molecule has 0 amide bonds. The molecule has 0 radical (unpaired) electrons. The molecule has 0 saturated carbocycles. The van der Waals surface area contributed by atoms with Crippen LogP contribution < -0.4 is 4.74 Å². The Labute approximate surface area is 218 Å². The molecule has 0 unspecified atom stereocenters. The average molecular weight is 516 g/mol. The number of hydrogen-bond donors (Lipinski definition) is 0. The number of aromatic nitrogens is 2. The van der Waals surface area contributed by atoms with Crippen LogP contribution in [-0.4, -0.2) is 47.3 Å². The van der Waals surface area contributed by atoms with Crippen LogP contribution in [0.25, 0.3) is 33.5 Å². The van der Waals surface area contributed by atoms with Crippen LogP contribution in [-0.2, 0) is 14.2 Å². The van der Waals surface area contributed by atoms with E-state index in [9.17, 15) is 19.6 Å². The van der Waals surface area contributed by atoms with Gasteiger partial charge in [0.25, 0.3) is 0 Å². The summed E-state index contributed by atoms with van der Waals surface area (Å²) in [5, 5.41) is 11.4. The van der Waals surface area contributed by atoms with Crippen LogP contribution >= 0.6 is 0 Å². The van der Waals surface area contributed by atoms with Crippen molar-refractivity contribution in [2.75, 3.05) is 19.8 Å². The van der Waals surface area contributed by atoms with Gasteiger partial charge < -0.3 is 18.9 Å². The van der Waals surface area contributed by atoms with Crippen molar-refractivity contribution >= 4 is 51.8 Å². The third-order valence-corrected chi connectivity index (χ3v) is 5.64. The number of benzene rings is 2. The van der Waals surface area contributed by atoms with Crippen molar-refractivity contribution in [3.8, 4) is 11.9 Å². The third kappa shape index (κ3) is 4.82. The molecule has 0 aliphatic rings. The van der Waals surface area contributed by atoms with Gasteiger partial charge in [-0.15, -0.1) is 0 Å². The molecule has 2 heterocycles. The third-order valence-electron chi connectivity index (χ3n) is 5.64. The summed E-state index contributed by atoms with van der Waals surface area (Å²) in [6.07, 6.45) is 0.656. The Balaban J connectivity index is 1.99. The second-order valence-electron chi connectivity index (χ2n) is 7.85. The quantitative estimate of drug-likeness (QED) is 0.169. The Morgan fingerprint density at radius 2 is 1.45 bits per heavy atom. The van der Waals surface area contributed by atoms with Crippen molar-refractivity contribution in [3.05, 3.63) is 65.9 Å². The smallest absolute Gasteiger partial charge is 0.449 e. The van der Waals surface area contributed by atoms with E-state index in [0.717, 1.165) is 4.57 Å². The molecule has 2 aromatic carbocycles. The first-order valence-electron chi connectivity index (χ1n) is 12.0. The van der Waals surface area contributed by atoms with Gasteiger partial charge in [0.05, 0.1) is 42.5 Å². The summed E-state index contributed by atoms with van der Waals surface area (Å²) >= 11 is 0. The molecule has 0 aliphatic heterocycles. The zero-order valence-corrected chi connectivity index (χ0v) is 21.1. The Hall–Kier alpha value is -5.04. The highest BCUT2D eigenvalue weighted by Crippen LogP contribution is 2.37. The van der Waals surface area contributed by atoms with Crippen LogP contribution in [0.5, 0.6) is 5.88 Å². The van der Waals surface area contributed by atoms with Gasteiger partial charge in [-0.1, -0.05) is 36.4 Å². The van der Waals surface area contributed by atoms with Gasteiger partial charge in [-0.3, -0.25) is 4.57 Å². The van der Waals surface area contributed by atoms with Gasteiger partial charge in [0.15, 0.2) is 0 Å². The van der Waals surface area contributed by atoms with E-state index in [1.807, 2.05) is 0 Å². The number of ether oxygens (including phenoxy) is 4. The molecule has 38 heavy (non-hydrogen) atoms. The Morgan fingerprint density at radius 1 is 0.842 bits per heavy atom. The molecule has 0 fully saturated rings. The van der Waals surface area contributed by atoms with Crippen LogP contribution in [0.15, 0.2) is 54.7 Å².